The molecule has 1 aromatic carbocycles. The lowest BCUT2D eigenvalue weighted by Crippen LogP contribution is -2.37. The van der Waals surface area contributed by atoms with Crippen molar-refractivity contribution in [2.75, 3.05) is 29.9 Å². The van der Waals surface area contributed by atoms with Gasteiger partial charge >= 0.3 is 0 Å². The van der Waals surface area contributed by atoms with E-state index >= 15 is 0 Å². The van der Waals surface area contributed by atoms with Gasteiger partial charge in [0.05, 0.1) is 17.2 Å². The molecule has 1 saturated heterocycles. The van der Waals surface area contributed by atoms with E-state index in [0.29, 0.717) is 16.6 Å². The molecule has 1 aliphatic rings. The lowest BCUT2D eigenvalue weighted by molar-refractivity contribution is -0.129. The van der Waals surface area contributed by atoms with Gasteiger partial charge in [-0.3, -0.25) is 9.59 Å². The number of piperidine rings is 1. The number of thiazole rings is 1. The van der Waals surface area contributed by atoms with Gasteiger partial charge in [0.25, 0.3) is 0 Å². The van der Waals surface area contributed by atoms with Gasteiger partial charge < -0.3 is 10.2 Å². The molecular weight excluding hydrogens is 373 g/mol. The Labute approximate surface area is 160 Å². The number of rotatable bonds is 6. The van der Waals surface area contributed by atoms with Gasteiger partial charge in [0.2, 0.25) is 11.8 Å². The molecule has 3 rings (SSSR count). The second-order valence-corrected chi connectivity index (χ2v) is 7.87. The number of halogens is 1. The zero-order valence-corrected chi connectivity index (χ0v) is 15.9. The van der Waals surface area contributed by atoms with E-state index in [9.17, 15) is 14.0 Å². The normalized spacial score (nSPS) is 14.3. The molecular formula is C18H20FN3O2S2. The Kier molecular flexibility index (Phi) is 6.62. The molecule has 0 aliphatic carbocycles. The molecule has 2 aromatic rings. The van der Waals surface area contributed by atoms with E-state index in [4.69, 9.17) is 0 Å². The SMILES string of the molecule is O=C(CSCC(=O)N1CCCCC1)Nc1nc(-c2ccc(F)cc2)cs1. The quantitative estimate of drug-likeness (QED) is 0.814. The van der Waals surface area contributed by atoms with E-state index in [1.165, 1.54) is 41.7 Å². The average Bonchev–Trinajstić information content (AvgIpc) is 3.11. The highest BCUT2D eigenvalue weighted by Crippen LogP contribution is 2.25. The van der Waals surface area contributed by atoms with Crippen LogP contribution in [-0.2, 0) is 9.59 Å². The predicted octanol–water partition coefficient (Wildman–Crippen LogP) is 3.63. The topological polar surface area (TPSA) is 62.3 Å². The highest BCUT2D eigenvalue weighted by Gasteiger charge is 2.17. The Hall–Kier alpha value is -1.93. The summed E-state index contributed by atoms with van der Waals surface area (Å²) in [5.41, 5.74) is 1.49. The van der Waals surface area contributed by atoms with Crippen LogP contribution >= 0.6 is 23.1 Å². The first kappa shape index (κ1) is 18.8. The zero-order chi connectivity index (χ0) is 18.4. The number of amides is 2. The first-order chi connectivity index (χ1) is 12.6. The van der Waals surface area contributed by atoms with Crippen LogP contribution in [0.25, 0.3) is 11.3 Å². The monoisotopic (exact) mass is 393 g/mol. The Morgan fingerprint density at radius 3 is 2.62 bits per heavy atom. The molecule has 2 amide bonds. The van der Waals surface area contributed by atoms with Gasteiger partial charge in [-0.1, -0.05) is 0 Å². The summed E-state index contributed by atoms with van der Waals surface area (Å²) in [7, 11) is 0. The van der Waals surface area contributed by atoms with E-state index < -0.39 is 0 Å². The van der Waals surface area contributed by atoms with Crippen LogP contribution in [0.15, 0.2) is 29.6 Å². The van der Waals surface area contributed by atoms with Crippen molar-refractivity contribution in [1.29, 1.82) is 0 Å². The van der Waals surface area contributed by atoms with Gasteiger partial charge in [0, 0.05) is 24.0 Å². The summed E-state index contributed by atoms with van der Waals surface area (Å²) in [5, 5.41) is 5.06. The van der Waals surface area contributed by atoms with Crippen molar-refractivity contribution in [3.05, 3.63) is 35.5 Å². The molecule has 8 heteroatoms. The van der Waals surface area contributed by atoms with E-state index in [1.54, 1.807) is 12.1 Å². The van der Waals surface area contributed by atoms with Crippen molar-refractivity contribution < 1.29 is 14.0 Å². The molecule has 26 heavy (non-hydrogen) atoms. The minimum atomic E-state index is -0.298. The van der Waals surface area contributed by atoms with Gasteiger partial charge in [0.15, 0.2) is 5.13 Å². The molecule has 0 spiro atoms. The van der Waals surface area contributed by atoms with Crippen LogP contribution in [0.2, 0.25) is 0 Å². The molecule has 0 atom stereocenters. The van der Waals surface area contributed by atoms with E-state index in [1.807, 2.05) is 10.3 Å². The van der Waals surface area contributed by atoms with E-state index in [0.717, 1.165) is 31.5 Å². The van der Waals surface area contributed by atoms with Gasteiger partial charge in [-0.2, -0.15) is 0 Å². The number of hydrogen-bond donors (Lipinski definition) is 1. The largest absolute Gasteiger partial charge is 0.342 e. The minimum absolute atomic E-state index is 0.107. The number of anilines is 1. The summed E-state index contributed by atoms with van der Waals surface area (Å²) < 4.78 is 13.0. The van der Waals surface area contributed by atoms with Crippen LogP contribution in [0, 0.1) is 5.82 Å². The van der Waals surface area contributed by atoms with Crippen molar-refractivity contribution in [2.45, 2.75) is 19.3 Å². The zero-order valence-electron chi connectivity index (χ0n) is 14.2. The third-order valence-electron chi connectivity index (χ3n) is 4.06. The van der Waals surface area contributed by atoms with Crippen molar-refractivity contribution in [3.63, 3.8) is 0 Å². The van der Waals surface area contributed by atoms with E-state index in [-0.39, 0.29) is 23.4 Å². The number of aromatic nitrogens is 1. The van der Waals surface area contributed by atoms with Crippen LogP contribution in [-0.4, -0.2) is 46.3 Å². The Morgan fingerprint density at radius 1 is 1.15 bits per heavy atom. The lowest BCUT2D eigenvalue weighted by atomic mass is 10.1. The summed E-state index contributed by atoms with van der Waals surface area (Å²) in [6.07, 6.45) is 3.32. The van der Waals surface area contributed by atoms with Gasteiger partial charge in [-0.15, -0.1) is 23.1 Å². The second-order valence-electron chi connectivity index (χ2n) is 6.03. The molecule has 0 saturated carbocycles. The van der Waals surface area contributed by atoms with Crippen LogP contribution in [0.4, 0.5) is 9.52 Å². The fraction of sp³-hybridized carbons (Fsp3) is 0.389. The standard InChI is InChI=1S/C18H20FN3O2S2/c19-14-6-4-13(5-7-14)15-10-26-18(20-15)21-16(23)11-25-12-17(24)22-8-2-1-3-9-22/h4-7,10H,1-3,8-9,11-12H2,(H,20,21,23). The van der Waals surface area contributed by atoms with Crippen LogP contribution in [0.5, 0.6) is 0 Å². The molecule has 1 fully saturated rings. The number of carbonyl (C=O) groups is 2. The fourth-order valence-electron chi connectivity index (χ4n) is 2.71. The van der Waals surface area contributed by atoms with Crippen LogP contribution < -0.4 is 5.32 Å². The first-order valence-corrected chi connectivity index (χ1v) is 10.5. The number of hydrogen-bond acceptors (Lipinski definition) is 5. The van der Waals surface area contributed by atoms with Crippen LogP contribution in [0.3, 0.4) is 0 Å². The molecule has 0 bridgehead atoms. The summed E-state index contributed by atoms with van der Waals surface area (Å²) in [4.78, 5) is 30.3. The molecule has 1 N–H and O–H groups in total. The summed E-state index contributed by atoms with van der Waals surface area (Å²) in [6, 6.07) is 6.06. The number of thioether (sulfide) groups is 1. The lowest BCUT2D eigenvalue weighted by Gasteiger charge is -2.26. The minimum Gasteiger partial charge on any atom is -0.342 e. The van der Waals surface area contributed by atoms with Crippen molar-refractivity contribution in [3.8, 4) is 11.3 Å². The van der Waals surface area contributed by atoms with E-state index in [2.05, 4.69) is 10.3 Å². The Bertz CT molecular complexity index is 758. The number of carbonyl (C=O) groups excluding carboxylic acids is 2. The molecule has 0 unspecified atom stereocenters. The Balaban J connectivity index is 1.43. The Morgan fingerprint density at radius 2 is 1.88 bits per heavy atom. The van der Waals surface area contributed by atoms with Crippen molar-refractivity contribution >= 4 is 40.0 Å². The molecule has 1 aliphatic heterocycles. The van der Waals surface area contributed by atoms with Gasteiger partial charge in [-0.05, 0) is 43.5 Å². The highest BCUT2D eigenvalue weighted by atomic mass is 32.2. The summed E-state index contributed by atoms with van der Waals surface area (Å²) in [5.74, 6) is 0.169. The van der Waals surface area contributed by atoms with Gasteiger partial charge in [-0.25, -0.2) is 9.37 Å². The highest BCUT2D eigenvalue weighted by molar-refractivity contribution is 8.00. The maximum atomic E-state index is 13.0. The van der Waals surface area contributed by atoms with Crippen molar-refractivity contribution in [1.82, 2.24) is 9.88 Å². The third kappa shape index (κ3) is 5.28. The molecule has 2 heterocycles. The fourth-order valence-corrected chi connectivity index (χ4v) is 4.16. The third-order valence-corrected chi connectivity index (χ3v) is 5.73. The van der Waals surface area contributed by atoms with Gasteiger partial charge in [0.1, 0.15) is 5.82 Å². The van der Waals surface area contributed by atoms with Crippen molar-refractivity contribution in [2.24, 2.45) is 0 Å². The number of likely N-dealkylation sites (tertiary alicyclic amines) is 1. The molecule has 1 aromatic heterocycles. The smallest absolute Gasteiger partial charge is 0.236 e. The predicted molar refractivity (Wildman–Crippen MR) is 104 cm³/mol. The summed E-state index contributed by atoms with van der Waals surface area (Å²) >= 11 is 2.64. The maximum Gasteiger partial charge on any atom is 0.236 e. The number of nitrogens with one attached hydrogen (secondary N) is 1. The molecule has 0 radical (unpaired) electrons. The second kappa shape index (κ2) is 9.14. The average molecular weight is 394 g/mol. The van der Waals surface area contributed by atoms with Crippen LogP contribution in [0.1, 0.15) is 19.3 Å². The molecule has 5 nitrogen and oxygen atoms in total. The number of nitrogens with zero attached hydrogens (tertiary/aromatic N) is 2. The first-order valence-electron chi connectivity index (χ1n) is 8.48. The number of benzene rings is 1. The maximum absolute atomic E-state index is 13.0. The summed E-state index contributed by atoms with van der Waals surface area (Å²) in [6.45, 7) is 1.66. The molecule has 138 valence electrons.